The second-order valence-corrected chi connectivity index (χ2v) is 7.73. The van der Waals surface area contributed by atoms with Crippen LogP contribution in [0.15, 0.2) is 41.6 Å². The standard InChI is InChI=1S/C16H17ClN2O2S/c1-11-15(17)3-2-4-16(11)22(20,21)19-9-12-7-14(10-18-8-12)13-5-6-13/h2-4,7-8,10,13,19H,5-6,9H2,1H3. The SMILES string of the molecule is Cc1c(Cl)cccc1S(=O)(=O)NCc1cncc(C2CC2)c1. The third kappa shape index (κ3) is 3.32. The van der Waals surface area contributed by atoms with Gasteiger partial charge in [0, 0.05) is 24.0 Å². The van der Waals surface area contributed by atoms with Gasteiger partial charge in [0.05, 0.1) is 4.90 Å². The summed E-state index contributed by atoms with van der Waals surface area (Å²) in [6, 6.07) is 6.90. The van der Waals surface area contributed by atoms with Crippen LogP contribution in [0.5, 0.6) is 0 Å². The molecule has 22 heavy (non-hydrogen) atoms. The number of benzene rings is 1. The average Bonchev–Trinajstić information content (AvgIpc) is 3.33. The van der Waals surface area contributed by atoms with E-state index in [0.717, 1.165) is 5.56 Å². The molecule has 0 bridgehead atoms. The molecule has 1 heterocycles. The van der Waals surface area contributed by atoms with E-state index in [4.69, 9.17) is 11.6 Å². The van der Waals surface area contributed by atoms with Gasteiger partial charge < -0.3 is 0 Å². The van der Waals surface area contributed by atoms with Crippen LogP contribution < -0.4 is 4.72 Å². The molecule has 6 heteroatoms. The van der Waals surface area contributed by atoms with E-state index in [1.54, 1.807) is 31.3 Å². The summed E-state index contributed by atoms with van der Waals surface area (Å²) < 4.78 is 27.5. The van der Waals surface area contributed by atoms with Gasteiger partial charge in [0.25, 0.3) is 0 Å². The van der Waals surface area contributed by atoms with Crippen molar-refractivity contribution in [2.75, 3.05) is 0 Å². The first-order valence-electron chi connectivity index (χ1n) is 7.16. The highest BCUT2D eigenvalue weighted by atomic mass is 35.5. The molecule has 3 rings (SSSR count). The third-order valence-electron chi connectivity index (χ3n) is 3.84. The van der Waals surface area contributed by atoms with E-state index >= 15 is 0 Å². The number of nitrogens with one attached hydrogen (secondary N) is 1. The van der Waals surface area contributed by atoms with E-state index in [-0.39, 0.29) is 11.4 Å². The van der Waals surface area contributed by atoms with E-state index < -0.39 is 10.0 Å². The quantitative estimate of drug-likeness (QED) is 0.910. The van der Waals surface area contributed by atoms with Crippen molar-refractivity contribution >= 4 is 21.6 Å². The number of rotatable bonds is 5. The maximum atomic E-state index is 12.4. The average molecular weight is 337 g/mol. The van der Waals surface area contributed by atoms with Gasteiger partial charge in [-0.3, -0.25) is 4.98 Å². The van der Waals surface area contributed by atoms with E-state index in [9.17, 15) is 8.42 Å². The molecule has 1 aliphatic rings. The summed E-state index contributed by atoms with van der Waals surface area (Å²) in [6.07, 6.45) is 5.94. The van der Waals surface area contributed by atoms with Crippen LogP contribution >= 0.6 is 11.6 Å². The Balaban J connectivity index is 1.77. The van der Waals surface area contributed by atoms with E-state index in [0.29, 0.717) is 16.5 Å². The monoisotopic (exact) mass is 336 g/mol. The highest BCUT2D eigenvalue weighted by molar-refractivity contribution is 7.89. The Morgan fingerprint density at radius 1 is 1.32 bits per heavy atom. The van der Waals surface area contributed by atoms with Crippen LogP contribution in [0.25, 0.3) is 0 Å². The van der Waals surface area contributed by atoms with Crippen LogP contribution in [-0.2, 0) is 16.6 Å². The van der Waals surface area contributed by atoms with Crippen molar-refractivity contribution in [3.05, 3.63) is 58.4 Å². The smallest absolute Gasteiger partial charge is 0.241 e. The summed E-state index contributed by atoms with van der Waals surface area (Å²) in [6.45, 7) is 1.92. The van der Waals surface area contributed by atoms with Crippen molar-refractivity contribution in [1.29, 1.82) is 0 Å². The molecule has 1 saturated carbocycles. The maximum absolute atomic E-state index is 12.4. The first-order valence-corrected chi connectivity index (χ1v) is 9.02. The van der Waals surface area contributed by atoms with Crippen LogP contribution in [0, 0.1) is 6.92 Å². The number of nitrogens with zero attached hydrogens (tertiary/aromatic N) is 1. The molecule has 0 saturated heterocycles. The minimum absolute atomic E-state index is 0.214. The van der Waals surface area contributed by atoms with Gasteiger partial charge in [0.15, 0.2) is 0 Å². The lowest BCUT2D eigenvalue weighted by molar-refractivity contribution is 0.580. The van der Waals surface area contributed by atoms with Gasteiger partial charge in [-0.15, -0.1) is 0 Å². The van der Waals surface area contributed by atoms with Gasteiger partial charge in [0.1, 0.15) is 0 Å². The van der Waals surface area contributed by atoms with Gasteiger partial charge in [-0.2, -0.15) is 0 Å². The number of sulfonamides is 1. The normalized spacial score (nSPS) is 15.0. The molecule has 2 aromatic rings. The van der Waals surface area contributed by atoms with Crippen LogP contribution in [0.4, 0.5) is 0 Å². The second kappa shape index (κ2) is 5.99. The third-order valence-corrected chi connectivity index (χ3v) is 5.79. The number of halogens is 1. The molecule has 1 aliphatic carbocycles. The van der Waals surface area contributed by atoms with E-state index in [2.05, 4.69) is 9.71 Å². The molecule has 1 fully saturated rings. The first-order chi connectivity index (χ1) is 10.5. The minimum atomic E-state index is -3.59. The Bertz CT molecular complexity index is 802. The first kappa shape index (κ1) is 15.5. The second-order valence-electron chi connectivity index (χ2n) is 5.59. The summed E-state index contributed by atoms with van der Waals surface area (Å²) in [5, 5.41) is 0.445. The molecule has 1 N–H and O–H groups in total. The Morgan fingerprint density at radius 2 is 2.09 bits per heavy atom. The lowest BCUT2D eigenvalue weighted by atomic mass is 10.1. The molecule has 0 atom stereocenters. The van der Waals surface area contributed by atoms with Gasteiger partial charge >= 0.3 is 0 Å². The topological polar surface area (TPSA) is 59.1 Å². The van der Waals surface area contributed by atoms with Crippen LogP contribution in [0.1, 0.15) is 35.4 Å². The van der Waals surface area contributed by atoms with Gasteiger partial charge in [-0.1, -0.05) is 23.7 Å². The van der Waals surface area contributed by atoms with Crippen molar-refractivity contribution in [1.82, 2.24) is 9.71 Å². The molecule has 0 unspecified atom stereocenters. The highest BCUT2D eigenvalue weighted by Gasteiger charge is 2.24. The Labute approximate surface area is 135 Å². The van der Waals surface area contributed by atoms with Gasteiger partial charge in [-0.05, 0) is 54.5 Å². The lowest BCUT2D eigenvalue weighted by Crippen LogP contribution is -2.24. The molecule has 0 spiro atoms. The number of aromatic nitrogens is 1. The Hall–Kier alpha value is -1.43. The van der Waals surface area contributed by atoms with E-state index in [1.165, 1.54) is 18.4 Å². The Morgan fingerprint density at radius 3 is 2.82 bits per heavy atom. The molecule has 116 valence electrons. The van der Waals surface area contributed by atoms with Crippen LogP contribution in [0.3, 0.4) is 0 Å². The van der Waals surface area contributed by atoms with Gasteiger partial charge in [-0.25, -0.2) is 13.1 Å². The molecule has 0 amide bonds. The number of hydrogen-bond donors (Lipinski definition) is 1. The number of hydrogen-bond acceptors (Lipinski definition) is 3. The molecule has 0 aliphatic heterocycles. The fourth-order valence-corrected chi connectivity index (χ4v) is 3.89. The molecular formula is C16H17ClN2O2S. The van der Waals surface area contributed by atoms with Crippen molar-refractivity contribution in [2.45, 2.75) is 37.1 Å². The molecule has 1 aromatic carbocycles. The molecular weight excluding hydrogens is 320 g/mol. The highest BCUT2D eigenvalue weighted by Crippen LogP contribution is 2.39. The Kier molecular flexibility index (Phi) is 4.21. The largest absolute Gasteiger partial charge is 0.264 e. The van der Waals surface area contributed by atoms with Crippen LogP contribution in [0.2, 0.25) is 5.02 Å². The predicted octanol–water partition coefficient (Wildman–Crippen LogP) is 3.40. The minimum Gasteiger partial charge on any atom is -0.264 e. The van der Waals surface area contributed by atoms with Crippen molar-refractivity contribution in [3.63, 3.8) is 0 Å². The van der Waals surface area contributed by atoms with Crippen molar-refractivity contribution < 1.29 is 8.42 Å². The predicted molar refractivity (Wildman–Crippen MR) is 86.4 cm³/mol. The summed E-state index contributed by atoms with van der Waals surface area (Å²) >= 11 is 6.00. The summed E-state index contributed by atoms with van der Waals surface area (Å²) in [7, 11) is -3.59. The molecule has 4 nitrogen and oxygen atoms in total. The molecule has 1 aromatic heterocycles. The maximum Gasteiger partial charge on any atom is 0.241 e. The zero-order valence-corrected chi connectivity index (χ0v) is 13.8. The summed E-state index contributed by atoms with van der Waals surface area (Å²) in [4.78, 5) is 4.41. The number of pyridine rings is 1. The lowest BCUT2D eigenvalue weighted by Gasteiger charge is -2.10. The zero-order valence-electron chi connectivity index (χ0n) is 12.2. The fourth-order valence-electron chi connectivity index (χ4n) is 2.38. The van der Waals surface area contributed by atoms with Crippen molar-refractivity contribution in [2.24, 2.45) is 0 Å². The summed E-state index contributed by atoms with van der Waals surface area (Å²) in [5.74, 6) is 0.597. The van der Waals surface area contributed by atoms with E-state index in [1.807, 2.05) is 12.3 Å². The van der Waals surface area contributed by atoms with Gasteiger partial charge in [0.2, 0.25) is 10.0 Å². The zero-order chi connectivity index (χ0) is 15.7. The van der Waals surface area contributed by atoms with Crippen molar-refractivity contribution in [3.8, 4) is 0 Å². The fraction of sp³-hybridized carbons (Fsp3) is 0.312. The summed E-state index contributed by atoms with van der Waals surface area (Å²) in [5.41, 5.74) is 2.62. The van der Waals surface area contributed by atoms with Crippen LogP contribution in [-0.4, -0.2) is 13.4 Å². The molecule has 0 radical (unpaired) electrons.